The van der Waals surface area contributed by atoms with Crippen LogP contribution in [0.3, 0.4) is 0 Å². The van der Waals surface area contributed by atoms with Gasteiger partial charge in [-0.05, 0) is 61.8 Å². The number of carbonyl (C=O) groups excluding carboxylic acids is 1. The number of amides is 1. The van der Waals surface area contributed by atoms with E-state index in [1.165, 1.54) is 16.3 Å². The van der Waals surface area contributed by atoms with E-state index in [0.29, 0.717) is 6.54 Å². The molecule has 7 nitrogen and oxygen atoms in total. The summed E-state index contributed by atoms with van der Waals surface area (Å²) in [7, 11) is 0. The van der Waals surface area contributed by atoms with Crippen LogP contribution in [0.2, 0.25) is 0 Å². The summed E-state index contributed by atoms with van der Waals surface area (Å²) >= 11 is 0. The fourth-order valence-electron chi connectivity index (χ4n) is 4.23. The molecule has 1 atom stereocenters. The number of nitrogens with zero attached hydrogens (tertiary/aromatic N) is 3. The fourth-order valence-corrected chi connectivity index (χ4v) is 4.23. The molecule has 2 aliphatic heterocycles. The zero-order chi connectivity index (χ0) is 20.6. The van der Waals surface area contributed by atoms with Crippen LogP contribution >= 0.6 is 0 Å². The van der Waals surface area contributed by atoms with Gasteiger partial charge in [0.25, 0.3) is 5.56 Å². The van der Waals surface area contributed by atoms with Gasteiger partial charge in [0.1, 0.15) is 6.54 Å². The SMILES string of the molecule is Cc1cc(=O)n(CC(=O)N2CCC[C@@](C)(Cc3ccc4c(c3)OCO4)C2)nc1C. The van der Waals surface area contributed by atoms with Crippen molar-refractivity contribution in [3.63, 3.8) is 0 Å². The van der Waals surface area contributed by atoms with Gasteiger partial charge in [-0.2, -0.15) is 5.10 Å². The number of hydrogen-bond donors (Lipinski definition) is 0. The highest BCUT2D eigenvalue weighted by atomic mass is 16.7. The number of ether oxygens (including phenoxy) is 2. The molecule has 1 aromatic heterocycles. The number of benzene rings is 1. The first-order chi connectivity index (χ1) is 13.8. The van der Waals surface area contributed by atoms with E-state index < -0.39 is 0 Å². The maximum Gasteiger partial charge on any atom is 0.267 e. The molecule has 2 aromatic rings. The molecule has 1 saturated heterocycles. The molecule has 0 radical (unpaired) electrons. The average molecular weight is 397 g/mol. The Bertz CT molecular complexity index is 1000. The number of piperidine rings is 1. The van der Waals surface area contributed by atoms with Gasteiger partial charge < -0.3 is 14.4 Å². The van der Waals surface area contributed by atoms with E-state index in [-0.39, 0.29) is 30.2 Å². The monoisotopic (exact) mass is 397 g/mol. The van der Waals surface area contributed by atoms with Crippen molar-refractivity contribution >= 4 is 5.91 Å². The zero-order valence-electron chi connectivity index (χ0n) is 17.2. The minimum absolute atomic E-state index is 0.0138. The second-order valence-corrected chi connectivity index (χ2v) is 8.50. The summed E-state index contributed by atoms with van der Waals surface area (Å²) in [5.74, 6) is 1.51. The van der Waals surface area contributed by atoms with Gasteiger partial charge in [0.05, 0.1) is 5.69 Å². The lowest BCUT2D eigenvalue weighted by Gasteiger charge is -2.40. The molecule has 0 aliphatic carbocycles. The largest absolute Gasteiger partial charge is 0.454 e. The van der Waals surface area contributed by atoms with E-state index in [1.54, 1.807) is 0 Å². The lowest BCUT2D eigenvalue weighted by molar-refractivity contribution is -0.135. The van der Waals surface area contributed by atoms with Gasteiger partial charge in [-0.25, -0.2) is 4.68 Å². The highest BCUT2D eigenvalue weighted by Gasteiger charge is 2.34. The second-order valence-electron chi connectivity index (χ2n) is 8.50. The lowest BCUT2D eigenvalue weighted by atomic mass is 9.77. The van der Waals surface area contributed by atoms with Gasteiger partial charge in [-0.3, -0.25) is 9.59 Å². The minimum atomic E-state index is -0.235. The zero-order valence-corrected chi connectivity index (χ0v) is 17.2. The summed E-state index contributed by atoms with van der Waals surface area (Å²) in [6.07, 6.45) is 2.85. The molecule has 0 N–H and O–H groups in total. The van der Waals surface area contributed by atoms with Gasteiger partial charge in [0.2, 0.25) is 12.7 Å². The van der Waals surface area contributed by atoms with Gasteiger partial charge in [-0.15, -0.1) is 0 Å². The molecule has 2 aliphatic rings. The van der Waals surface area contributed by atoms with Gasteiger partial charge >= 0.3 is 0 Å². The predicted molar refractivity (Wildman–Crippen MR) is 108 cm³/mol. The summed E-state index contributed by atoms with van der Waals surface area (Å²) < 4.78 is 12.2. The van der Waals surface area contributed by atoms with Crippen molar-refractivity contribution in [1.82, 2.24) is 14.7 Å². The standard InChI is InChI=1S/C22H27N3O4/c1-15-9-20(26)25(23-16(15)2)12-21(27)24-8-4-7-22(3,13-24)11-17-5-6-18-19(10-17)29-14-28-18/h5-6,9-10H,4,7-8,11-14H2,1-3H3/t22-/m0/s1. The Morgan fingerprint density at radius 2 is 2.00 bits per heavy atom. The van der Waals surface area contributed by atoms with Crippen molar-refractivity contribution in [2.45, 2.75) is 46.6 Å². The molecular weight excluding hydrogens is 370 g/mol. The maximum absolute atomic E-state index is 12.9. The van der Waals surface area contributed by atoms with E-state index in [9.17, 15) is 9.59 Å². The van der Waals surface area contributed by atoms with E-state index >= 15 is 0 Å². The second kappa shape index (κ2) is 7.54. The van der Waals surface area contributed by atoms with Crippen LogP contribution in [0.4, 0.5) is 0 Å². The number of carbonyl (C=O) groups is 1. The molecule has 0 bridgehead atoms. The fraction of sp³-hybridized carbons (Fsp3) is 0.500. The number of hydrogen-bond acceptors (Lipinski definition) is 5. The molecule has 0 saturated carbocycles. The Balaban J connectivity index is 1.45. The summed E-state index contributed by atoms with van der Waals surface area (Å²) in [6, 6.07) is 7.59. The van der Waals surface area contributed by atoms with E-state index in [4.69, 9.17) is 9.47 Å². The Morgan fingerprint density at radius 3 is 2.83 bits per heavy atom. The van der Waals surface area contributed by atoms with Gasteiger partial charge in [-0.1, -0.05) is 13.0 Å². The number of aryl methyl sites for hydroxylation is 2. The molecule has 29 heavy (non-hydrogen) atoms. The first-order valence-electron chi connectivity index (χ1n) is 10.0. The van der Waals surface area contributed by atoms with E-state index in [2.05, 4.69) is 18.1 Å². The molecule has 1 aromatic carbocycles. The number of rotatable bonds is 4. The van der Waals surface area contributed by atoms with Crippen LogP contribution in [0.25, 0.3) is 0 Å². The van der Waals surface area contributed by atoms with Crippen LogP contribution in [0, 0.1) is 19.3 Å². The maximum atomic E-state index is 12.9. The van der Waals surface area contributed by atoms with Crippen molar-refractivity contribution in [3.8, 4) is 11.5 Å². The number of fused-ring (bicyclic) bond motifs is 1. The third-order valence-electron chi connectivity index (χ3n) is 5.92. The van der Waals surface area contributed by atoms with Crippen LogP contribution in [0.5, 0.6) is 11.5 Å². The Kier molecular flexibility index (Phi) is 5.06. The topological polar surface area (TPSA) is 73.7 Å². The minimum Gasteiger partial charge on any atom is -0.454 e. The van der Waals surface area contributed by atoms with E-state index in [1.807, 2.05) is 30.9 Å². The molecule has 1 fully saturated rings. The highest BCUT2D eigenvalue weighted by Crippen LogP contribution is 2.37. The molecular formula is C22H27N3O4. The van der Waals surface area contributed by atoms with Gasteiger partial charge in [0, 0.05) is 19.2 Å². The highest BCUT2D eigenvalue weighted by molar-refractivity contribution is 5.76. The summed E-state index contributed by atoms with van der Waals surface area (Å²) in [6.45, 7) is 7.55. The first-order valence-corrected chi connectivity index (χ1v) is 10.0. The Hall–Kier alpha value is -2.83. The quantitative estimate of drug-likeness (QED) is 0.792. The van der Waals surface area contributed by atoms with Crippen LogP contribution in [-0.2, 0) is 17.8 Å². The lowest BCUT2D eigenvalue weighted by Crippen LogP contribution is -2.47. The van der Waals surface area contributed by atoms with Crippen molar-refractivity contribution in [1.29, 1.82) is 0 Å². The Labute approximate surface area is 170 Å². The number of likely N-dealkylation sites (tertiary alicyclic amines) is 1. The van der Waals surface area contributed by atoms with Crippen LogP contribution in [0.15, 0.2) is 29.1 Å². The van der Waals surface area contributed by atoms with Crippen molar-refractivity contribution in [2.24, 2.45) is 5.41 Å². The smallest absolute Gasteiger partial charge is 0.267 e. The summed E-state index contributed by atoms with van der Waals surface area (Å²) in [5.41, 5.74) is 2.53. The third-order valence-corrected chi connectivity index (χ3v) is 5.92. The van der Waals surface area contributed by atoms with Crippen LogP contribution in [-0.4, -0.2) is 40.5 Å². The first kappa shape index (κ1) is 19.5. The van der Waals surface area contributed by atoms with Crippen molar-refractivity contribution in [2.75, 3.05) is 19.9 Å². The third kappa shape index (κ3) is 4.13. The molecule has 154 valence electrons. The Morgan fingerprint density at radius 1 is 1.21 bits per heavy atom. The van der Waals surface area contributed by atoms with Crippen molar-refractivity contribution < 1.29 is 14.3 Å². The van der Waals surface area contributed by atoms with Crippen LogP contribution < -0.4 is 15.0 Å². The molecule has 0 unspecified atom stereocenters. The summed E-state index contributed by atoms with van der Waals surface area (Å²) in [5, 5.41) is 4.28. The molecule has 1 amide bonds. The summed E-state index contributed by atoms with van der Waals surface area (Å²) in [4.78, 5) is 27.0. The predicted octanol–water partition coefficient (Wildman–Crippen LogP) is 2.46. The molecule has 0 spiro atoms. The van der Waals surface area contributed by atoms with Crippen LogP contribution in [0.1, 0.15) is 36.6 Å². The molecule has 7 heteroatoms. The van der Waals surface area contributed by atoms with E-state index in [0.717, 1.165) is 48.6 Å². The average Bonchev–Trinajstić information content (AvgIpc) is 3.13. The van der Waals surface area contributed by atoms with Gasteiger partial charge in [0.15, 0.2) is 11.5 Å². The molecule has 4 rings (SSSR count). The number of aromatic nitrogens is 2. The normalized spacial score (nSPS) is 20.7. The molecule has 3 heterocycles. The van der Waals surface area contributed by atoms with Crippen molar-refractivity contribution in [3.05, 3.63) is 51.4 Å².